The number of nitrogens with zero attached hydrogens (tertiary/aromatic N) is 2. The molecule has 17 heavy (non-hydrogen) atoms. The molecule has 5 heteroatoms. The van der Waals surface area contributed by atoms with Gasteiger partial charge in [-0.15, -0.1) is 0 Å². The first-order chi connectivity index (χ1) is 8.06. The van der Waals surface area contributed by atoms with Crippen molar-refractivity contribution in [3.05, 3.63) is 53.4 Å². The molecule has 0 bridgehead atoms. The standard InChI is InChI=1S/C12H11F3N2/c1-8-2-3-10(13)4-9(8)5-17-6-11(12(14)15)16-7-17/h2-4,6-7,12H,5H2,1H3. The molecular formula is C12H11F3N2. The third-order valence-corrected chi connectivity index (χ3v) is 2.54. The maximum atomic E-state index is 13.0. The summed E-state index contributed by atoms with van der Waals surface area (Å²) in [4.78, 5) is 3.58. The van der Waals surface area contributed by atoms with E-state index in [4.69, 9.17) is 0 Å². The molecule has 0 fully saturated rings. The molecule has 0 N–H and O–H groups in total. The van der Waals surface area contributed by atoms with Crippen molar-refractivity contribution in [2.75, 3.05) is 0 Å². The van der Waals surface area contributed by atoms with Crippen molar-refractivity contribution < 1.29 is 13.2 Å². The number of hydrogen-bond donors (Lipinski definition) is 0. The quantitative estimate of drug-likeness (QED) is 0.804. The fourth-order valence-corrected chi connectivity index (χ4v) is 1.58. The molecule has 0 saturated heterocycles. The van der Waals surface area contributed by atoms with Crippen LogP contribution >= 0.6 is 0 Å². The molecule has 0 unspecified atom stereocenters. The minimum atomic E-state index is -2.58. The van der Waals surface area contributed by atoms with Crippen molar-refractivity contribution in [3.8, 4) is 0 Å². The molecule has 0 radical (unpaired) electrons. The zero-order valence-electron chi connectivity index (χ0n) is 9.20. The van der Waals surface area contributed by atoms with Crippen LogP contribution in [0, 0.1) is 12.7 Å². The summed E-state index contributed by atoms with van der Waals surface area (Å²) in [6.07, 6.45) is 0.0192. The van der Waals surface area contributed by atoms with E-state index in [1.165, 1.54) is 29.2 Å². The van der Waals surface area contributed by atoms with Crippen LogP contribution in [0.25, 0.3) is 0 Å². The highest BCUT2D eigenvalue weighted by Crippen LogP contribution is 2.17. The van der Waals surface area contributed by atoms with Crippen molar-refractivity contribution in [2.45, 2.75) is 19.9 Å². The summed E-state index contributed by atoms with van der Waals surface area (Å²) in [5.74, 6) is -0.334. The summed E-state index contributed by atoms with van der Waals surface area (Å²) in [5, 5.41) is 0. The Bertz CT molecular complexity index is 520. The number of rotatable bonds is 3. The van der Waals surface area contributed by atoms with Crippen molar-refractivity contribution in [1.29, 1.82) is 0 Å². The maximum Gasteiger partial charge on any atom is 0.281 e. The third-order valence-electron chi connectivity index (χ3n) is 2.54. The Hall–Kier alpha value is -1.78. The van der Waals surface area contributed by atoms with E-state index in [1.807, 2.05) is 6.92 Å². The minimum absolute atomic E-state index is 0.265. The van der Waals surface area contributed by atoms with Crippen LogP contribution in [0.1, 0.15) is 23.2 Å². The summed E-state index contributed by atoms with van der Waals surface area (Å²) in [6.45, 7) is 2.18. The van der Waals surface area contributed by atoms with Gasteiger partial charge in [-0.05, 0) is 30.2 Å². The molecule has 2 rings (SSSR count). The zero-order chi connectivity index (χ0) is 12.4. The van der Waals surface area contributed by atoms with Gasteiger partial charge in [0.05, 0.1) is 6.33 Å². The Balaban J connectivity index is 2.22. The number of benzene rings is 1. The first kappa shape index (κ1) is 11.7. The fraction of sp³-hybridized carbons (Fsp3) is 0.250. The SMILES string of the molecule is Cc1ccc(F)cc1Cn1cnc(C(F)F)c1. The predicted molar refractivity (Wildman–Crippen MR) is 57.4 cm³/mol. The van der Waals surface area contributed by atoms with Crippen LogP contribution in [0.15, 0.2) is 30.7 Å². The highest BCUT2D eigenvalue weighted by atomic mass is 19.3. The molecule has 0 aliphatic carbocycles. The lowest BCUT2D eigenvalue weighted by atomic mass is 10.1. The lowest BCUT2D eigenvalue weighted by molar-refractivity contribution is 0.146. The second kappa shape index (κ2) is 4.61. The molecule has 2 aromatic rings. The Kier molecular flexibility index (Phi) is 3.17. The average Bonchev–Trinajstić information content (AvgIpc) is 2.72. The Morgan fingerprint density at radius 1 is 1.35 bits per heavy atom. The van der Waals surface area contributed by atoms with Gasteiger partial charge < -0.3 is 4.57 Å². The molecular weight excluding hydrogens is 229 g/mol. The first-order valence-corrected chi connectivity index (χ1v) is 5.11. The van der Waals surface area contributed by atoms with Crippen LogP contribution in [0.4, 0.5) is 13.2 Å². The highest BCUT2D eigenvalue weighted by Gasteiger charge is 2.10. The third kappa shape index (κ3) is 2.67. The Morgan fingerprint density at radius 3 is 2.76 bits per heavy atom. The second-order valence-corrected chi connectivity index (χ2v) is 3.84. The lowest BCUT2D eigenvalue weighted by Gasteiger charge is -2.06. The normalized spacial score (nSPS) is 11.1. The largest absolute Gasteiger partial charge is 0.333 e. The van der Waals surface area contributed by atoms with Gasteiger partial charge in [-0.3, -0.25) is 0 Å². The van der Waals surface area contributed by atoms with E-state index < -0.39 is 6.43 Å². The molecule has 0 amide bonds. The van der Waals surface area contributed by atoms with Crippen LogP contribution in [-0.2, 0) is 6.54 Å². The van der Waals surface area contributed by atoms with Gasteiger partial charge >= 0.3 is 0 Å². The monoisotopic (exact) mass is 240 g/mol. The van der Waals surface area contributed by atoms with Crippen molar-refractivity contribution in [3.63, 3.8) is 0 Å². The van der Waals surface area contributed by atoms with E-state index in [1.54, 1.807) is 6.07 Å². The van der Waals surface area contributed by atoms with Crippen LogP contribution < -0.4 is 0 Å². The maximum absolute atomic E-state index is 13.0. The van der Waals surface area contributed by atoms with E-state index in [2.05, 4.69) is 4.98 Å². The molecule has 0 saturated carbocycles. The summed E-state index contributed by atoms with van der Waals surface area (Å²) in [6, 6.07) is 4.43. The Labute approximate surface area is 96.7 Å². The topological polar surface area (TPSA) is 17.8 Å². The highest BCUT2D eigenvalue weighted by molar-refractivity contribution is 5.26. The summed E-state index contributed by atoms with van der Waals surface area (Å²) in [5.41, 5.74) is 1.40. The smallest absolute Gasteiger partial charge is 0.281 e. The van der Waals surface area contributed by atoms with Gasteiger partial charge in [0.2, 0.25) is 0 Å². The van der Waals surface area contributed by atoms with Gasteiger partial charge in [-0.25, -0.2) is 18.2 Å². The van der Waals surface area contributed by atoms with Crippen molar-refractivity contribution in [1.82, 2.24) is 9.55 Å². The summed E-state index contributed by atoms with van der Waals surface area (Å²) in [7, 11) is 0. The van der Waals surface area contributed by atoms with Gasteiger partial charge in [-0.2, -0.15) is 0 Å². The van der Waals surface area contributed by atoms with Crippen molar-refractivity contribution >= 4 is 0 Å². The van der Waals surface area contributed by atoms with Gasteiger partial charge in [0.15, 0.2) is 0 Å². The van der Waals surface area contributed by atoms with Gasteiger partial charge in [0.1, 0.15) is 11.5 Å². The van der Waals surface area contributed by atoms with E-state index in [0.29, 0.717) is 6.54 Å². The molecule has 0 spiro atoms. The molecule has 2 nitrogen and oxygen atoms in total. The first-order valence-electron chi connectivity index (χ1n) is 5.11. The van der Waals surface area contributed by atoms with E-state index in [9.17, 15) is 13.2 Å². The molecule has 1 heterocycles. The number of halogens is 3. The predicted octanol–water partition coefficient (Wildman–Crippen LogP) is 3.32. The van der Waals surface area contributed by atoms with E-state index in [-0.39, 0.29) is 11.5 Å². The average molecular weight is 240 g/mol. The number of alkyl halides is 2. The fourth-order valence-electron chi connectivity index (χ4n) is 1.58. The van der Waals surface area contributed by atoms with Crippen LogP contribution in [0.3, 0.4) is 0 Å². The molecule has 90 valence electrons. The molecule has 0 aliphatic heterocycles. The molecule has 1 aromatic heterocycles. The lowest BCUT2D eigenvalue weighted by Crippen LogP contribution is -1.99. The summed E-state index contributed by atoms with van der Waals surface area (Å²) >= 11 is 0. The van der Waals surface area contributed by atoms with Gasteiger partial charge in [0, 0.05) is 12.7 Å². The van der Waals surface area contributed by atoms with E-state index >= 15 is 0 Å². The van der Waals surface area contributed by atoms with Gasteiger partial charge in [-0.1, -0.05) is 6.07 Å². The van der Waals surface area contributed by atoms with E-state index in [0.717, 1.165) is 11.1 Å². The number of imidazole rings is 1. The van der Waals surface area contributed by atoms with Crippen LogP contribution in [0.5, 0.6) is 0 Å². The number of aromatic nitrogens is 2. The number of hydrogen-bond acceptors (Lipinski definition) is 1. The molecule has 0 atom stereocenters. The number of aryl methyl sites for hydroxylation is 1. The molecule has 0 aliphatic rings. The zero-order valence-corrected chi connectivity index (χ0v) is 9.20. The minimum Gasteiger partial charge on any atom is -0.333 e. The summed E-state index contributed by atoms with van der Waals surface area (Å²) < 4.78 is 39.2. The van der Waals surface area contributed by atoms with Crippen molar-refractivity contribution in [2.24, 2.45) is 0 Å². The van der Waals surface area contributed by atoms with Gasteiger partial charge in [0.25, 0.3) is 6.43 Å². The second-order valence-electron chi connectivity index (χ2n) is 3.84. The van der Waals surface area contributed by atoms with Crippen LogP contribution in [-0.4, -0.2) is 9.55 Å². The van der Waals surface area contributed by atoms with Crippen LogP contribution in [0.2, 0.25) is 0 Å². The molecule has 1 aromatic carbocycles. The Morgan fingerprint density at radius 2 is 2.12 bits per heavy atom.